The van der Waals surface area contributed by atoms with Crippen molar-refractivity contribution >= 4 is 40.4 Å². The molecule has 0 spiro atoms. The second-order valence-corrected chi connectivity index (χ2v) is 7.93. The molecule has 3 rings (SSSR count). The highest BCUT2D eigenvalue weighted by Crippen LogP contribution is 2.36. The molecular formula is C17H21IN2O3. The monoisotopic (exact) mass is 428 g/mol. The zero-order valence-electron chi connectivity index (χ0n) is 13.1. The maximum absolute atomic E-state index is 12.6. The van der Waals surface area contributed by atoms with Crippen molar-refractivity contribution in [2.45, 2.75) is 25.7 Å². The van der Waals surface area contributed by atoms with Crippen molar-refractivity contribution in [3.63, 3.8) is 0 Å². The van der Waals surface area contributed by atoms with Crippen LogP contribution in [0.5, 0.6) is 0 Å². The lowest BCUT2D eigenvalue weighted by Gasteiger charge is -2.28. The number of carbonyl (C=O) groups excluding carboxylic acids is 1. The standard InChI is InChI=1S/C17H21IN2O3/c1-11(8-16(21)22)12-2-4-14(5-3-12)20-10-13-9-19(18)7-6-15(13)17(20)23/h2-5,11,13,15H,6-10H2,1H3,(H,21,22)/t11?,13-,15-/m0/s1. The van der Waals surface area contributed by atoms with E-state index in [0.717, 1.165) is 37.3 Å². The van der Waals surface area contributed by atoms with Gasteiger partial charge in [0.15, 0.2) is 0 Å². The van der Waals surface area contributed by atoms with E-state index in [1.54, 1.807) is 0 Å². The molecule has 0 saturated carbocycles. The number of halogens is 1. The van der Waals surface area contributed by atoms with Gasteiger partial charge in [0.25, 0.3) is 0 Å². The summed E-state index contributed by atoms with van der Waals surface area (Å²) in [7, 11) is 0. The third kappa shape index (κ3) is 3.52. The molecule has 6 heteroatoms. The molecule has 1 amide bonds. The number of amides is 1. The summed E-state index contributed by atoms with van der Waals surface area (Å²) >= 11 is 2.34. The first-order valence-electron chi connectivity index (χ1n) is 7.99. The number of fused-ring (bicyclic) bond motifs is 1. The molecule has 1 N–H and O–H groups in total. The third-order valence-corrected chi connectivity index (χ3v) is 5.82. The van der Waals surface area contributed by atoms with Crippen LogP contribution in [0, 0.1) is 11.8 Å². The average Bonchev–Trinajstić information content (AvgIpc) is 2.83. The van der Waals surface area contributed by atoms with Crippen molar-refractivity contribution in [1.82, 2.24) is 3.11 Å². The predicted molar refractivity (Wildman–Crippen MR) is 96.7 cm³/mol. The number of nitrogens with zero attached hydrogens (tertiary/aromatic N) is 2. The Morgan fingerprint density at radius 3 is 2.70 bits per heavy atom. The average molecular weight is 428 g/mol. The summed E-state index contributed by atoms with van der Waals surface area (Å²) in [4.78, 5) is 25.4. The molecule has 0 bridgehead atoms. The zero-order valence-corrected chi connectivity index (χ0v) is 15.3. The molecule has 1 aromatic rings. The van der Waals surface area contributed by atoms with E-state index in [1.165, 1.54) is 0 Å². The number of hydrogen-bond donors (Lipinski definition) is 1. The molecule has 23 heavy (non-hydrogen) atoms. The molecule has 5 nitrogen and oxygen atoms in total. The smallest absolute Gasteiger partial charge is 0.303 e. The van der Waals surface area contributed by atoms with E-state index >= 15 is 0 Å². The Bertz CT molecular complexity index is 604. The molecule has 124 valence electrons. The van der Waals surface area contributed by atoms with Crippen LogP contribution in [0.25, 0.3) is 0 Å². The van der Waals surface area contributed by atoms with Crippen LogP contribution in [0.2, 0.25) is 0 Å². The molecule has 2 saturated heterocycles. The van der Waals surface area contributed by atoms with Crippen molar-refractivity contribution < 1.29 is 14.7 Å². The van der Waals surface area contributed by atoms with Crippen LogP contribution >= 0.6 is 22.9 Å². The van der Waals surface area contributed by atoms with Gasteiger partial charge in [-0.1, -0.05) is 19.1 Å². The Balaban J connectivity index is 1.72. The number of anilines is 1. The maximum atomic E-state index is 12.6. The van der Waals surface area contributed by atoms with Crippen LogP contribution in [0.3, 0.4) is 0 Å². The van der Waals surface area contributed by atoms with Gasteiger partial charge in [0, 0.05) is 60.0 Å². The number of carbonyl (C=O) groups is 2. The normalized spacial score (nSPS) is 26.2. The van der Waals surface area contributed by atoms with Gasteiger partial charge >= 0.3 is 5.97 Å². The number of hydrogen-bond acceptors (Lipinski definition) is 3. The molecule has 0 aliphatic carbocycles. The lowest BCUT2D eigenvalue weighted by molar-refractivity contribution is -0.137. The Morgan fingerprint density at radius 1 is 1.35 bits per heavy atom. The SMILES string of the molecule is CC(CC(=O)O)c1ccc(N2C[C@@H]3CN(I)CC[C@@H]3C2=O)cc1. The van der Waals surface area contributed by atoms with E-state index in [4.69, 9.17) is 5.11 Å². The summed E-state index contributed by atoms with van der Waals surface area (Å²) in [5.74, 6) is 0.00550. The highest BCUT2D eigenvalue weighted by molar-refractivity contribution is 14.1. The summed E-state index contributed by atoms with van der Waals surface area (Å²) in [5.41, 5.74) is 1.93. The van der Waals surface area contributed by atoms with Crippen molar-refractivity contribution in [2.24, 2.45) is 11.8 Å². The van der Waals surface area contributed by atoms with Crippen LogP contribution in [0.1, 0.15) is 31.2 Å². The Morgan fingerprint density at radius 2 is 2.04 bits per heavy atom. The van der Waals surface area contributed by atoms with Crippen LogP contribution in [0.15, 0.2) is 24.3 Å². The molecule has 1 unspecified atom stereocenters. The highest BCUT2D eigenvalue weighted by atomic mass is 127. The number of carboxylic acid groups (broad SMARTS) is 1. The number of rotatable bonds is 4. The Hall–Kier alpha value is -1.15. The minimum Gasteiger partial charge on any atom is -0.481 e. The van der Waals surface area contributed by atoms with E-state index in [-0.39, 0.29) is 24.2 Å². The first kappa shape index (κ1) is 16.7. The number of aliphatic carboxylic acids is 1. The number of benzene rings is 1. The molecular weight excluding hydrogens is 407 g/mol. The van der Waals surface area contributed by atoms with Gasteiger partial charge < -0.3 is 10.0 Å². The fourth-order valence-electron chi connectivity index (χ4n) is 3.62. The van der Waals surface area contributed by atoms with E-state index in [9.17, 15) is 9.59 Å². The molecule has 1 aromatic carbocycles. The van der Waals surface area contributed by atoms with E-state index in [0.29, 0.717) is 5.92 Å². The molecule has 2 heterocycles. The zero-order chi connectivity index (χ0) is 16.6. The summed E-state index contributed by atoms with van der Waals surface area (Å²) < 4.78 is 2.27. The number of carboxylic acids is 1. The molecule has 0 radical (unpaired) electrons. The quantitative estimate of drug-likeness (QED) is 0.592. The largest absolute Gasteiger partial charge is 0.481 e. The van der Waals surface area contributed by atoms with Gasteiger partial charge in [0.1, 0.15) is 0 Å². The van der Waals surface area contributed by atoms with Gasteiger partial charge in [0.05, 0.1) is 6.42 Å². The second-order valence-electron chi connectivity index (χ2n) is 6.56. The van der Waals surface area contributed by atoms with Crippen LogP contribution in [-0.2, 0) is 9.59 Å². The summed E-state index contributed by atoms with van der Waals surface area (Å²) in [6, 6.07) is 7.79. The minimum atomic E-state index is -0.788. The summed E-state index contributed by atoms with van der Waals surface area (Å²) in [6.45, 7) is 4.65. The number of piperidine rings is 1. The van der Waals surface area contributed by atoms with Gasteiger partial charge in [-0.3, -0.25) is 9.59 Å². The Kier molecular flexibility index (Phi) is 4.91. The van der Waals surface area contributed by atoms with Crippen LogP contribution in [-0.4, -0.2) is 39.7 Å². The molecule has 2 fully saturated rings. The molecule has 2 aliphatic rings. The van der Waals surface area contributed by atoms with E-state index in [2.05, 4.69) is 26.0 Å². The van der Waals surface area contributed by atoms with Gasteiger partial charge in [0.2, 0.25) is 5.91 Å². The molecule has 2 aliphatic heterocycles. The predicted octanol–water partition coefficient (Wildman–Crippen LogP) is 2.90. The summed E-state index contributed by atoms with van der Waals surface area (Å²) in [6.07, 6.45) is 1.06. The summed E-state index contributed by atoms with van der Waals surface area (Å²) in [5, 5.41) is 8.89. The molecule has 0 aromatic heterocycles. The Labute approximate surface area is 150 Å². The van der Waals surface area contributed by atoms with Gasteiger partial charge in [-0.15, -0.1) is 0 Å². The third-order valence-electron chi connectivity index (χ3n) is 4.94. The topological polar surface area (TPSA) is 60.9 Å². The van der Waals surface area contributed by atoms with Crippen molar-refractivity contribution in [1.29, 1.82) is 0 Å². The lowest BCUT2D eigenvalue weighted by Crippen LogP contribution is -2.35. The van der Waals surface area contributed by atoms with E-state index in [1.807, 2.05) is 36.1 Å². The molecule has 3 atom stereocenters. The fourth-order valence-corrected chi connectivity index (χ4v) is 4.40. The minimum absolute atomic E-state index is 0.0222. The first-order chi connectivity index (χ1) is 11.0. The highest BCUT2D eigenvalue weighted by Gasteiger charge is 2.43. The lowest BCUT2D eigenvalue weighted by atomic mass is 9.89. The van der Waals surface area contributed by atoms with Gasteiger partial charge in [-0.2, -0.15) is 0 Å². The second kappa shape index (κ2) is 6.76. The van der Waals surface area contributed by atoms with Crippen molar-refractivity contribution in [3.05, 3.63) is 29.8 Å². The van der Waals surface area contributed by atoms with Gasteiger partial charge in [-0.25, -0.2) is 3.11 Å². The van der Waals surface area contributed by atoms with Crippen molar-refractivity contribution in [2.75, 3.05) is 24.5 Å². The fraction of sp³-hybridized carbons (Fsp3) is 0.529. The van der Waals surface area contributed by atoms with E-state index < -0.39 is 5.97 Å². The van der Waals surface area contributed by atoms with Crippen LogP contribution in [0.4, 0.5) is 5.69 Å². The maximum Gasteiger partial charge on any atom is 0.303 e. The van der Waals surface area contributed by atoms with Gasteiger partial charge in [-0.05, 0) is 30.0 Å². The van der Waals surface area contributed by atoms with Crippen LogP contribution < -0.4 is 4.90 Å². The first-order valence-corrected chi connectivity index (χ1v) is 8.96. The van der Waals surface area contributed by atoms with Crippen molar-refractivity contribution in [3.8, 4) is 0 Å².